The first-order valence-corrected chi connectivity index (χ1v) is 4.93. The van der Waals surface area contributed by atoms with Crippen LogP contribution in [0.15, 0.2) is 35.1 Å². The third-order valence-electron chi connectivity index (χ3n) is 1.79. The summed E-state index contributed by atoms with van der Waals surface area (Å²) in [6.45, 7) is 0. The number of carbonyl (C=O) groups excluding carboxylic acids is 1. The highest BCUT2D eigenvalue weighted by atomic mass is 79.9. The molecule has 0 saturated carbocycles. The van der Waals surface area contributed by atoms with Gasteiger partial charge >= 0.3 is 0 Å². The number of halogens is 1. The Hall–Kier alpha value is -1.69. The molecule has 0 bridgehead atoms. The summed E-state index contributed by atoms with van der Waals surface area (Å²) in [5, 5.41) is 3.97. The van der Waals surface area contributed by atoms with Crippen LogP contribution in [0.25, 0.3) is 5.82 Å². The molecule has 0 aliphatic heterocycles. The van der Waals surface area contributed by atoms with Crippen LogP contribution in [-0.2, 0) is 0 Å². The molecule has 2 aromatic rings. The van der Waals surface area contributed by atoms with Crippen LogP contribution in [0.3, 0.4) is 0 Å². The third kappa shape index (κ3) is 2.04. The number of pyridine rings is 1. The molecule has 2 N–H and O–H groups in total. The standard InChI is InChI=1S/C9H7BrN4O/c10-6-1-2-8(12-5-6)14-4-3-7(13-14)9(11)15/h1-5H,(H2,11,15). The van der Waals surface area contributed by atoms with Crippen molar-refractivity contribution < 1.29 is 4.79 Å². The molecule has 0 aromatic carbocycles. The summed E-state index contributed by atoms with van der Waals surface area (Å²) in [5.41, 5.74) is 5.31. The Bertz CT molecular complexity index is 491. The maximum Gasteiger partial charge on any atom is 0.269 e. The lowest BCUT2D eigenvalue weighted by Gasteiger charge is -1.98. The highest BCUT2D eigenvalue weighted by molar-refractivity contribution is 9.10. The molecule has 0 radical (unpaired) electrons. The molecule has 0 fully saturated rings. The molecule has 5 nitrogen and oxygen atoms in total. The molecule has 76 valence electrons. The summed E-state index contributed by atoms with van der Waals surface area (Å²) in [6.07, 6.45) is 3.29. The topological polar surface area (TPSA) is 73.8 Å². The third-order valence-corrected chi connectivity index (χ3v) is 2.26. The number of carbonyl (C=O) groups is 1. The Morgan fingerprint density at radius 3 is 2.73 bits per heavy atom. The zero-order chi connectivity index (χ0) is 10.8. The van der Waals surface area contributed by atoms with Gasteiger partial charge in [0.15, 0.2) is 5.82 Å². The van der Waals surface area contributed by atoms with Gasteiger partial charge in [-0.05, 0) is 34.1 Å². The van der Waals surface area contributed by atoms with Gasteiger partial charge in [-0.3, -0.25) is 4.79 Å². The van der Waals surface area contributed by atoms with Crippen molar-refractivity contribution in [3.05, 3.63) is 40.8 Å². The lowest BCUT2D eigenvalue weighted by Crippen LogP contribution is -2.12. The van der Waals surface area contributed by atoms with E-state index in [4.69, 9.17) is 5.73 Å². The van der Waals surface area contributed by atoms with Crippen molar-refractivity contribution in [1.82, 2.24) is 14.8 Å². The average molecular weight is 267 g/mol. The van der Waals surface area contributed by atoms with Crippen LogP contribution in [0.4, 0.5) is 0 Å². The lowest BCUT2D eigenvalue weighted by molar-refractivity contribution is 0.0995. The number of hydrogen-bond donors (Lipinski definition) is 1. The maximum atomic E-state index is 10.8. The van der Waals surface area contributed by atoms with Crippen molar-refractivity contribution in [3.63, 3.8) is 0 Å². The molecule has 0 atom stereocenters. The summed E-state index contributed by atoms with van der Waals surface area (Å²) in [6, 6.07) is 5.17. The molecule has 1 amide bonds. The van der Waals surface area contributed by atoms with Gasteiger partial charge in [0.05, 0.1) is 0 Å². The second-order valence-electron chi connectivity index (χ2n) is 2.84. The smallest absolute Gasteiger partial charge is 0.269 e. The van der Waals surface area contributed by atoms with E-state index in [9.17, 15) is 4.79 Å². The lowest BCUT2D eigenvalue weighted by atomic mass is 10.4. The molecule has 0 aliphatic carbocycles. The van der Waals surface area contributed by atoms with E-state index in [1.807, 2.05) is 6.07 Å². The minimum atomic E-state index is -0.550. The molecule has 0 saturated heterocycles. The van der Waals surface area contributed by atoms with Gasteiger partial charge < -0.3 is 5.73 Å². The first kappa shape index (κ1) is 9.85. The normalized spacial score (nSPS) is 10.2. The molecule has 15 heavy (non-hydrogen) atoms. The molecule has 2 rings (SSSR count). The fourth-order valence-electron chi connectivity index (χ4n) is 1.09. The molecule has 2 aromatic heterocycles. The van der Waals surface area contributed by atoms with Gasteiger partial charge in [0.1, 0.15) is 5.69 Å². The predicted octanol–water partition coefficient (Wildman–Crippen LogP) is 1.13. The highest BCUT2D eigenvalue weighted by Gasteiger charge is 2.05. The Balaban J connectivity index is 2.37. The Morgan fingerprint density at radius 2 is 2.20 bits per heavy atom. The van der Waals surface area contributed by atoms with Crippen LogP contribution in [0.2, 0.25) is 0 Å². The predicted molar refractivity (Wildman–Crippen MR) is 57.6 cm³/mol. The molecular weight excluding hydrogens is 260 g/mol. The quantitative estimate of drug-likeness (QED) is 0.886. The molecule has 0 spiro atoms. The van der Waals surface area contributed by atoms with Gasteiger partial charge in [-0.1, -0.05) is 0 Å². The maximum absolute atomic E-state index is 10.8. The van der Waals surface area contributed by atoms with Gasteiger partial charge in [0.2, 0.25) is 0 Å². The van der Waals surface area contributed by atoms with Crippen LogP contribution in [0.1, 0.15) is 10.5 Å². The SMILES string of the molecule is NC(=O)c1ccn(-c2ccc(Br)cn2)n1. The van der Waals surface area contributed by atoms with Crippen LogP contribution in [0.5, 0.6) is 0 Å². The second-order valence-corrected chi connectivity index (χ2v) is 3.76. The van der Waals surface area contributed by atoms with Crippen molar-refractivity contribution in [2.45, 2.75) is 0 Å². The minimum Gasteiger partial charge on any atom is -0.364 e. The largest absolute Gasteiger partial charge is 0.364 e. The van der Waals surface area contributed by atoms with E-state index in [-0.39, 0.29) is 5.69 Å². The van der Waals surface area contributed by atoms with Gasteiger partial charge in [-0.2, -0.15) is 5.10 Å². The van der Waals surface area contributed by atoms with Gasteiger partial charge in [-0.25, -0.2) is 9.67 Å². The number of nitrogens with two attached hydrogens (primary N) is 1. The number of nitrogens with zero attached hydrogens (tertiary/aromatic N) is 3. The molecule has 0 aliphatic rings. The van der Waals surface area contributed by atoms with E-state index < -0.39 is 5.91 Å². The van der Waals surface area contributed by atoms with E-state index in [0.29, 0.717) is 5.82 Å². The summed E-state index contributed by atoms with van der Waals surface area (Å²) in [7, 11) is 0. The second kappa shape index (κ2) is 3.82. The van der Waals surface area contributed by atoms with Crippen LogP contribution in [-0.4, -0.2) is 20.7 Å². The number of aromatic nitrogens is 3. The van der Waals surface area contributed by atoms with Crippen molar-refractivity contribution in [2.75, 3.05) is 0 Å². The zero-order valence-electron chi connectivity index (χ0n) is 7.59. The Kier molecular flexibility index (Phi) is 2.51. The number of rotatable bonds is 2. The first-order valence-electron chi connectivity index (χ1n) is 4.14. The van der Waals surface area contributed by atoms with Crippen LogP contribution >= 0.6 is 15.9 Å². The summed E-state index contributed by atoms with van der Waals surface area (Å²) in [4.78, 5) is 14.9. The molecule has 0 unspecified atom stereocenters. The van der Waals surface area contributed by atoms with Crippen molar-refractivity contribution in [3.8, 4) is 5.82 Å². The molecule has 6 heteroatoms. The number of amides is 1. The monoisotopic (exact) mass is 266 g/mol. The number of primary amides is 1. The average Bonchev–Trinajstić information content (AvgIpc) is 2.68. The van der Waals surface area contributed by atoms with E-state index in [0.717, 1.165) is 4.47 Å². The van der Waals surface area contributed by atoms with E-state index in [1.54, 1.807) is 24.5 Å². The zero-order valence-corrected chi connectivity index (χ0v) is 9.18. The van der Waals surface area contributed by atoms with E-state index >= 15 is 0 Å². The van der Waals surface area contributed by atoms with Gasteiger partial charge in [0, 0.05) is 16.9 Å². The van der Waals surface area contributed by atoms with E-state index in [1.165, 1.54) is 4.68 Å². The Labute approximate surface area is 94.0 Å². The van der Waals surface area contributed by atoms with Crippen LogP contribution < -0.4 is 5.73 Å². The summed E-state index contributed by atoms with van der Waals surface area (Å²) in [5.74, 6) is 0.0801. The highest BCUT2D eigenvalue weighted by Crippen LogP contribution is 2.10. The van der Waals surface area contributed by atoms with Gasteiger partial charge in [-0.15, -0.1) is 0 Å². The first-order chi connectivity index (χ1) is 7.16. The van der Waals surface area contributed by atoms with Crippen molar-refractivity contribution in [2.24, 2.45) is 5.73 Å². The van der Waals surface area contributed by atoms with Gasteiger partial charge in [0.25, 0.3) is 5.91 Å². The number of hydrogen-bond acceptors (Lipinski definition) is 3. The minimum absolute atomic E-state index is 0.222. The molecule has 2 heterocycles. The van der Waals surface area contributed by atoms with Crippen LogP contribution in [0, 0.1) is 0 Å². The van der Waals surface area contributed by atoms with Crippen molar-refractivity contribution in [1.29, 1.82) is 0 Å². The molecular formula is C9H7BrN4O. The fourth-order valence-corrected chi connectivity index (χ4v) is 1.32. The van der Waals surface area contributed by atoms with Crippen molar-refractivity contribution >= 4 is 21.8 Å². The summed E-state index contributed by atoms with van der Waals surface area (Å²) >= 11 is 3.28. The van der Waals surface area contributed by atoms with E-state index in [2.05, 4.69) is 26.0 Å². The Morgan fingerprint density at radius 1 is 1.40 bits per heavy atom. The summed E-state index contributed by atoms with van der Waals surface area (Å²) < 4.78 is 2.38. The fraction of sp³-hybridized carbons (Fsp3) is 0.